The fraction of sp³-hybridized carbons (Fsp3) is 0.188. The Morgan fingerprint density at radius 2 is 1.88 bits per heavy atom. The SMILES string of the molecule is CO/N=C/c1c(C(F)(F)F)ccc(-c2ccc(Cl)c(C(=O)OC)n2)c1Cl. The van der Waals surface area contributed by atoms with Gasteiger partial charge in [-0.2, -0.15) is 13.2 Å². The maximum atomic E-state index is 13.2. The first kappa shape index (κ1) is 20.0. The molecule has 138 valence electrons. The van der Waals surface area contributed by atoms with E-state index in [9.17, 15) is 18.0 Å². The van der Waals surface area contributed by atoms with E-state index in [-0.39, 0.29) is 27.0 Å². The predicted octanol–water partition coefficient (Wildman–Crippen LogP) is 4.84. The average Bonchev–Trinajstić information content (AvgIpc) is 2.59. The highest BCUT2D eigenvalue weighted by Crippen LogP contribution is 2.39. The minimum atomic E-state index is -4.65. The van der Waals surface area contributed by atoms with Crippen LogP contribution in [0.3, 0.4) is 0 Å². The highest BCUT2D eigenvalue weighted by molar-refractivity contribution is 6.36. The molecule has 0 saturated carbocycles. The average molecular weight is 407 g/mol. The standard InChI is InChI=1S/C16H11Cl2F3N2O3/c1-25-15(24)14-11(17)5-6-12(23-14)8-3-4-10(16(19,20)21)9(13(8)18)7-22-26-2/h3-7H,1-2H3/b22-7+. The summed E-state index contributed by atoms with van der Waals surface area (Å²) in [5.41, 5.74) is -1.28. The molecule has 0 radical (unpaired) electrons. The van der Waals surface area contributed by atoms with E-state index in [0.29, 0.717) is 0 Å². The molecule has 0 aliphatic heterocycles. The summed E-state index contributed by atoms with van der Waals surface area (Å²) in [5.74, 6) is -0.791. The normalized spacial score (nSPS) is 11.7. The number of rotatable bonds is 4. The zero-order valence-electron chi connectivity index (χ0n) is 13.4. The molecule has 1 aromatic heterocycles. The lowest BCUT2D eigenvalue weighted by molar-refractivity contribution is -0.137. The Kier molecular flexibility index (Phi) is 6.09. The fourth-order valence-corrected chi connectivity index (χ4v) is 2.59. The Morgan fingerprint density at radius 1 is 1.19 bits per heavy atom. The van der Waals surface area contributed by atoms with E-state index in [1.165, 1.54) is 19.2 Å². The van der Waals surface area contributed by atoms with Crippen LogP contribution in [-0.2, 0) is 15.8 Å². The number of halogens is 5. The number of ether oxygens (including phenoxy) is 1. The third-order valence-electron chi connectivity index (χ3n) is 3.27. The van der Waals surface area contributed by atoms with Crippen molar-refractivity contribution in [2.75, 3.05) is 14.2 Å². The molecule has 0 unspecified atom stereocenters. The minimum Gasteiger partial charge on any atom is -0.464 e. The molecular formula is C16H11Cl2F3N2O3. The van der Waals surface area contributed by atoms with Crippen molar-refractivity contribution in [3.63, 3.8) is 0 Å². The topological polar surface area (TPSA) is 60.8 Å². The Hall–Kier alpha value is -2.32. The summed E-state index contributed by atoms with van der Waals surface area (Å²) < 4.78 is 44.2. The van der Waals surface area contributed by atoms with Gasteiger partial charge in [-0.15, -0.1) is 0 Å². The summed E-state index contributed by atoms with van der Waals surface area (Å²) >= 11 is 12.1. The molecular weight excluding hydrogens is 396 g/mol. The smallest absolute Gasteiger partial charge is 0.417 e. The van der Waals surface area contributed by atoms with E-state index >= 15 is 0 Å². The molecule has 1 aromatic carbocycles. The second-order valence-corrected chi connectivity index (χ2v) is 5.61. The first-order chi connectivity index (χ1) is 12.2. The zero-order chi connectivity index (χ0) is 19.5. The molecule has 0 fully saturated rings. The second kappa shape index (κ2) is 7.92. The molecule has 0 bridgehead atoms. The second-order valence-electron chi connectivity index (χ2n) is 4.82. The fourth-order valence-electron chi connectivity index (χ4n) is 2.10. The lowest BCUT2D eigenvalue weighted by atomic mass is 10.0. The molecule has 0 amide bonds. The van der Waals surface area contributed by atoms with Crippen LogP contribution in [0.25, 0.3) is 11.3 Å². The van der Waals surface area contributed by atoms with Gasteiger partial charge >= 0.3 is 12.1 Å². The van der Waals surface area contributed by atoms with Gasteiger partial charge in [0.2, 0.25) is 0 Å². The molecule has 5 nitrogen and oxygen atoms in total. The van der Waals surface area contributed by atoms with Crippen molar-refractivity contribution in [2.24, 2.45) is 5.16 Å². The number of esters is 1. The summed E-state index contributed by atoms with van der Waals surface area (Å²) in [6, 6.07) is 4.77. The van der Waals surface area contributed by atoms with E-state index in [2.05, 4.69) is 19.7 Å². The van der Waals surface area contributed by atoms with Crippen LogP contribution in [0.15, 0.2) is 29.4 Å². The summed E-state index contributed by atoms with van der Waals surface area (Å²) in [6.07, 6.45) is -3.80. The highest BCUT2D eigenvalue weighted by Gasteiger charge is 2.34. The molecule has 0 saturated heterocycles. The summed E-state index contributed by atoms with van der Waals surface area (Å²) in [7, 11) is 2.34. The van der Waals surface area contributed by atoms with Gasteiger partial charge in [0.15, 0.2) is 5.69 Å². The number of methoxy groups -OCH3 is 1. The van der Waals surface area contributed by atoms with Crippen LogP contribution in [0.1, 0.15) is 21.6 Å². The highest BCUT2D eigenvalue weighted by atomic mass is 35.5. The van der Waals surface area contributed by atoms with E-state index in [1.807, 2.05) is 0 Å². The number of nitrogens with zero attached hydrogens (tertiary/aromatic N) is 2. The molecule has 1 heterocycles. The Balaban J connectivity index is 2.68. The number of alkyl halides is 3. The third-order valence-corrected chi connectivity index (χ3v) is 3.99. The number of pyridine rings is 1. The van der Waals surface area contributed by atoms with Crippen LogP contribution in [0.5, 0.6) is 0 Å². The molecule has 2 rings (SSSR count). The Morgan fingerprint density at radius 3 is 2.46 bits per heavy atom. The summed E-state index contributed by atoms with van der Waals surface area (Å²) in [5, 5.41) is 3.13. The molecule has 2 aromatic rings. The van der Waals surface area contributed by atoms with Gasteiger partial charge in [-0.05, 0) is 18.2 Å². The van der Waals surface area contributed by atoms with Gasteiger partial charge in [0.05, 0.1) is 34.6 Å². The van der Waals surface area contributed by atoms with Crippen molar-refractivity contribution in [3.05, 3.63) is 51.1 Å². The van der Waals surface area contributed by atoms with Crippen molar-refractivity contribution in [2.45, 2.75) is 6.18 Å². The Bertz CT molecular complexity index is 871. The van der Waals surface area contributed by atoms with E-state index in [0.717, 1.165) is 25.5 Å². The van der Waals surface area contributed by atoms with Gasteiger partial charge in [-0.25, -0.2) is 9.78 Å². The molecule has 10 heteroatoms. The lowest BCUT2D eigenvalue weighted by Gasteiger charge is -2.14. The molecule has 0 aliphatic rings. The van der Waals surface area contributed by atoms with Crippen LogP contribution in [0.4, 0.5) is 13.2 Å². The molecule has 0 spiro atoms. The van der Waals surface area contributed by atoms with Gasteiger partial charge in [0, 0.05) is 11.1 Å². The van der Waals surface area contributed by atoms with Crippen molar-refractivity contribution in [1.29, 1.82) is 0 Å². The number of aromatic nitrogens is 1. The maximum absolute atomic E-state index is 13.2. The van der Waals surface area contributed by atoms with Gasteiger partial charge in [0.25, 0.3) is 0 Å². The summed E-state index contributed by atoms with van der Waals surface area (Å²) in [4.78, 5) is 20.2. The first-order valence-corrected chi connectivity index (χ1v) is 7.67. The van der Waals surface area contributed by atoms with E-state index < -0.39 is 23.3 Å². The number of hydrogen-bond donors (Lipinski definition) is 0. The molecule has 0 atom stereocenters. The minimum absolute atomic E-state index is 0.0322. The van der Waals surface area contributed by atoms with Crippen molar-refractivity contribution >= 4 is 35.4 Å². The largest absolute Gasteiger partial charge is 0.464 e. The molecule has 0 N–H and O–H groups in total. The van der Waals surface area contributed by atoms with Gasteiger partial charge in [-0.1, -0.05) is 34.4 Å². The van der Waals surface area contributed by atoms with Crippen LogP contribution < -0.4 is 0 Å². The van der Waals surface area contributed by atoms with Crippen LogP contribution in [-0.4, -0.2) is 31.4 Å². The van der Waals surface area contributed by atoms with Crippen LogP contribution in [0, 0.1) is 0 Å². The quantitative estimate of drug-likeness (QED) is 0.414. The molecule has 26 heavy (non-hydrogen) atoms. The number of carbonyl (C=O) groups excluding carboxylic acids is 1. The number of hydrogen-bond acceptors (Lipinski definition) is 5. The van der Waals surface area contributed by atoms with Crippen molar-refractivity contribution in [1.82, 2.24) is 4.98 Å². The maximum Gasteiger partial charge on any atom is 0.417 e. The zero-order valence-corrected chi connectivity index (χ0v) is 14.9. The van der Waals surface area contributed by atoms with E-state index in [4.69, 9.17) is 23.2 Å². The van der Waals surface area contributed by atoms with Gasteiger partial charge < -0.3 is 9.57 Å². The Labute approximate surface area is 156 Å². The van der Waals surface area contributed by atoms with Gasteiger partial charge in [0.1, 0.15) is 7.11 Å². The predicted molar refractivity (Wildman–Crippen MR) is 90.6 cm³/mol. The van der Waals surface area contributed by atoms with Crippen molar-refractivity contribution in [3.8, 4) is 11.3 Å². The molecule has 0 aliphatic carbocycles. The lowest BCUT2D eigenvalue weighted by Crippen LogP contribution is -2.10. The monoisotopic (exact) mass is 406 g/mol. The third kappa shape index (κ3) is 4.08. The number of benzene rings is 1. The van der Waals surface area contributed by atoms with E-state index in [1.54, 1.807) is 0 Å². The first-order valence-electron chi connectivity index (χ1n) is 6.92. The van der Waals surface area contributed by atoms with Gasteiger partial charge in [-0.3, -0.25) is 0 Å². The van der Waals surface area contributed by atoms with Crippen molar-refractivity contribution < 1.29 is 27.5 Å². The number of carbonyl (C=O) groups is 1. The summed E-state index contributed by atoms with van der Waals surface area (Å²) in [6.45, 7) is 0. The number of oxime groups is 1. The van der Waals surface area contributed by atoms with Crippen LogP contribution in [0.2, 0.25) is 10.0 Å². The van der Waals surface area contributed by atoms with Crippen LogP contribution >= 0.6 is 23.2 Å².